The summed E-state index contributed by atoms with van der Waals surface area (Å²) < 4.78 is 9.75. The van der Waals surface area contributed by atoms with Gasteiger partial charge in [-0.25, -0.2) is 14.6 Å². The lowest BCUT2D eigenvalue weighted by atomic mass is 10.2. The van der Waals surface area contributed by atoms with Crippen molar-refractivity contribution in [3.8, 4) is 0 Å². The van der Waals surface area contributed by atoms with Crippen LogP contribution in [0.1, 0.15) is 43.4 Å². The Morgan fingerprint density at radius 3 is 2.62 bits per heavy atom. The van der Waals surface area contributed by atoms with Gasteiger partial charge in [0.2, 0.25) is 0 Å². The minimum atomic E-state index is -0.500. The molecular weight excluding hydrogens is 272 g/mol. The largest absolute Gasteiger partial charge is 0.464 e. The summed E-state index contributed by atoms with van der Waals surface area (Å²) >= 11 is 0. The molecule has 0 aliphatic carbocycles. The summed E-state index contributed by atoms with van der Waals surface area (Å²) in [6.07, 6.45) is 0.927. The van der Waals surface area contributed by atoms with Crippen LogP contribution in [0, 0.1) is 0 Å². The first-order valence-electron chi connectivity index (χ1n) is 6.83. The van der Waals surface area contributed by atoms with Crippen LogP contribution < -0.4 is 5.32 Å². The predicted molar refractivity (Wildman–Crippen MR) is 78.1 cm³/mol. The van der Waals surface area contributed by atoms with Crippen molar-refractivity contribution in [1.29, 1.82) is 0 Å². The number of hydrogen-bond donors (Lipinski definition) is 1. The summed E-state index contributed by atoms with van der Waals surface area (Å²) in [6.45, 7) is 5.93. The maximum Gasteiger partial charge on any atom is 0.407 e. The topological polar surface area (TPSA) is 77.5 Å². The first kappa shape index (κ1) is 16.9. The van der Waals surface area contributed by atoms with Gasteiger partial charge in [0.25, 0.3) is 0 Å². The van der Waals surface area contributed by atoms with E-state index in [-0.39, 0.29) is 5.69 Å². The van der Waals surface area contributed by atoms with Crippen LogP contribution in [0.3, 0.4) is 0 Å². The van der Waals surface area contributed by atoms with E-state index in [1.807, 2.05) is 26.8 Å². The summed E-state index contributed by atoms with van der Waals surface area (Å²) in [5.74, 6) is -0.455. The Kier molecular flexibility index (Phi) is 6.14. The van der Waals surface area contributed by atoms with Gasteiger partial charge in [-0.2, -0.15) is 0 Å². The van der Waals surface area contributed by atoms with Gasteiger partial charge in [-0.05, 0) is 45.7 Å². The van der Waals surface area contributed by atoms with E-state index in [4.69, 9.17) is 4.74 Å². The average Bonchev–Trinajstić information content (AvgIpc) is 2.41. The molecule has 0 aromatic carbocycles. The fraction of sp³-hybridized carbons (Fsp3) is 0.533. The molecule has 1 amide bonds. The number of esters is 1. The molecule has 1 rings (SSSR count). The van der Waals surface area contributed by atoms with Crippen molar-refractivity contribution >= 4 is 12.1 Å². The number of amides is 1. The van der Waals surface area contributed by atoms with Crippen molar-refractivity contribution in [3.63, 3.8) is 0 Å². The highest BCUT2D eigenvalue weighted by molar-refractivity contribution is 5.87. The summed E-state index contributed by atoms with van der Waals surface area (Å²) in [5, 5.41) is 2.68. The number of aryl methyl sites for hydroxylation is 1. The standard InChI is InChI=1S/C15H22N2O4/c1-15(2,3)21-14(19)16-10-6-8-11-7-5-9-12(17-11)13(18)20-4/h5,7,9H,6,8,10H2,1-4H3,(H,16,19). The molecule has 21 heavy (non-hydrogen) atoms. The maximum absolute atomic E-state index is 11.4. The first-order chi connectivity index (χ1) is 9.81. The van der Waals surface area contributed by atoms with Crippen molar-refractivity contribution in [3.05, 3.63) is 29.6 Å². The number of aromatic nitrogens is 1. The molecule has 116 valence electrons. The molecule has 1 N–H and O–H groups in total. The SMILES string of the molecule is COC(=O)c1cccc(CCCNC(=O)OC(C)(C)C)n1. The zero-order chi connectivity index (χ0) is 15.9. The first-order valence-corrected chi connectivity index (χ1v) is 6.83. The van der Waals surface area contributed by atoms with E-state index in [1.54, 1.807) is 12.1 Å². The second-order valence-electron chi connectivity index (χ2n) is 5.54. The summed E-state index contributed by atoms with van der Waals surface area (Å²) in [4.78, 5) is 27.0. The van der Waals surface area contributed by atoms with E-state index < -0.39 is 17.7 Å². The Morgan fingerprint density at radius 2 is 2.00 bits per heavy atom. The maximum atomic E-state index is 11.4. The van der Waals surface area contributed by atoms with Gasteiger partial charge in [0.1, 0.15) is 11.3 Å². The van der Waals surface area contributed by atoms with E-state index in [2.05, 4.69) is 15.0 Å². The van der Waals surface area contributed by atoms with E-state index in [1.165, 1.54) is 7.11 Å². The van der Waals surface area contributed by atoms with Crippen LogP contribution >= 0.6 is 0 Å². The van der Waals surface area contributed by atoms with Gasteiger partial charge in [0, 0.05) is 12.2 Å². The quantitative estimate of drug-likeness (QED) is 0.666. The molecule has 0 bridgehead atoms. The van der Waals surface area contributed by atoms with Crippen molar-refractivity contribution in [2.45, 2.75) is 39.2 Å². The third kappa shape index (κ3) is 6.74. The molecule has 0 aliphatic rings. The normalized spacial score (nSPS) is 10.9. The molecule has 1 aromatic heterocycles. The minimum absolute atomic E-state index is 0.287. The van der Waals surface area contributed by atoms with E-state index in [9.17, 15) is 9.59 Å². The van der Waals surface area contributed by atoms with Crippen LogP contribution in [0.25, 0.3) is 0 Å². The van der Waals surface area contributed by atoms with Crippen LogP contribution in [0.2, 0.25) is 0 Å². The molecule has 0 saturated heterocycles. The lowest BCUT2D eigenvalue weighted by Gasteiger charge is -2.19. The molecule has 0 unspecified atom stereocenters. The second-order valence-corrected chi connectivity index (χ2v) is 5.54. The minimum Gasteiger partial charge on any atom is -0.464 e. The Labute approximate surface area is 124 Å². The van der Waals surface area contributed by atoms with Crippen LogP contribution in [-0.4, -0.2) is 36.3 Å². The predicted octanol–water partition coefficient (Wildman–Crippen LogP) is 2.33. The average molecular weight is 294 g/mol. The van der Waals surface area contributed by atoms with E-state index in [0.717, 1.165) is 5.69 Å². The number of nitrogens with zero attached hydrogens (tertiary/aromatic N) is 1. The molecule has 0 spiro atoms. The fourth-order valence-electron chi connectivity index (χ4n) is 1.61. The van der Waals surface area contributed by atoms with Crippen molar-refractivity contribution in [2.24, 2.45) is 0 Å². The van der Waals surface area contributed by atoms with Crippen LogP contribution in [-0.2, 0) is 15.9 Å². The molecule has 0 fully saturated rings. The Balaban J connectivity index is 2.36. The van der Waals surface area contributed by atoms with Gasteiger partial charge < -0.3 is 14.8 Å². The van der Waals surface area contributed by atoms with Crippen molar-refractivity contribution in [2.75, 3.05) is 13.7 Å². The monoisotopic (exact) mass is 294 g/mol. The van der Waals surface area contributed by atoms with Gasteiger partial charge in [0.15, 0.2) is 0 Å². The molecule has 0 radical (unpaired) electrons. The van der Waals surface area contributed by atoms with E-state index >= 15 is 0 Å². The van der Waals surface area contributed by atoms with Gasteiger partial charge >= 0.3 is 12.1 Å². The van der Waals surface area contributed by atoms with Crippen LogP contribution in [0.4, 0.5) is 4.79 Å². The van der Waals surface area contributed by atoms with Gasteiger partial charge in [-0.15, -0.1) is 0 Å². The number of carbonyl (C=O) groups excluding carboxylic acids is 2. The molecule has 0 saturated carbocycles. The molecule has 1 heterocycles. The molecule has 6 nitrogen and oxygen atoms in total. The van der Waals surface area contributed by atoms with Gasteiger partial charge in [-0.3, -0.25) is 0 Å². The Morgan fingerprint density at radius 1 is 1.29 bits per heavy atom. The van der Waals surface area contributed by atoms with Crippen LogP contribution in [0.5, 0.6) is 0 Å². The van der Waals surface area contributed by atoms with Crippen molar-refractivity contribution < 1.29 is 19.1 Å². The number of carbonyl (C=O) groups is 2. The smallest absolute Gasteiger partial charge is 0.407 e. The molecule has 0 aliphatic heterocycles. The highest BCUT2D eigenvalue weighted by atomic mass is 16.6. The summed E-state index contributed by atoms with van der Waals surface area (Å²) in [6, 6.07) is 5.20. The highest BCUT2D eigenvalue weighted by Gasteiger charge is 2.15. The molecule has 0 atom stereocenters. The Bertz CT molecular complexity index is 495. The molecular formula is C15H22N2O4. The number of nitrogens with one attached hydrogen (secondary N) is 1. The summed E-state index contributed by atoms with van der Waals surface area (Å²) in [7, 11) is 1.32. The third-order valence-corrected chi connectivity index (χ3v) is 2.48. The third-order valence-electron chi connectivity index (χ3n) is 2.48. The number of hydrogen-bond acceptors (Lipinski definition) is 5. The lowest BCUT2D eigenvalue weighted by molar-refractivity contribution is 0.0526. The lowest BCUT2D eigenvalue weighted by Crippen LogP contribution is -2.33. The number of alkyl carbamates (subject to hydrolysis) is 1. The number of pyridine rings is 1. The number of ether oxygens (including phenoxy) is 2. The van der Waals surface area contributed by atoms with Crippen molar-refractivity contribution in [1.82, 2.24) is 10.3 Å². The van der Waals surface area contributed by atoms with E-state index in [0.29, 0.717) is 19.4 Å². The molecule has 1 aromatic rings. The number of methoxy groups -OCH3 is 1. The van der Waals surface area contributed by atoms with Gasteiger partial charge in [0.05, 0.1) is 7.11 Å². The second kappa shape index (κ2) is 7.61. The Hall–Kier alpha value is -2.11. The van der Waals surface area contributed by atoms with Gasteiger partial charge in [-0.1, -0.05) is 6.07 Å². The zero-order valence-electron chi connectivity index (χ0n) is 12.9. The van der Waals surface area contributed by atoms with Crippen LogP contribution in [0.15, 0.2) is 18.2 Å². The zero-order valence-corrected chi connectivity index (χ0v) is 12.9. The molecule has 6 heteroatoms. The summed E-state index contributed by atoms with van der Waals surface area (Å²) in [5.41, 5.74) is 0.569. The fourth-order valence-corrected chi connectivity index (χ4v) is 1.61. The number of rotatable bonds is 5. The highest BCUT2D eigenvalue weighted by Crippen LogP contribution is 2.07.